The predicted molar refractivity (Wildman–Crippen MR) is 51.8 cm³/mol. The minimum atomic E-state index is 0.733. The number of rotatable bonds is 0. The molecule has 14 heavy (non-hydrogen) atoms. The Morgan fingerprint density at radius 3 is 3.14 bits per heavy atom. The summed E-state index contributed by atoms with van der Waals surface area (Å²) in [5, 5.41) is 5.35. The normalized spacial score (nSPS) is 13.1. The Morgan fingerprint density at radius 2 is 2.14 bits per heavy atom. The SMILES string of the molecule is C1=c2ccccc2=NCc2cc[nH][n+]21. The number of aromatic nitrogens is 2. The van der Waals surface area contributed by atoms with Gasteiger partial charge in [0.1, 0.15) is 6.54 Å². The number of fused-ring (bicyclic) bond motifs is 2. The molecule has 1 aliphatic heterocycles. The van der Waals surface area contributed by atoms with Crippen LogP contribution < -0.4 is 15.3 Å². The van der Waals surface area contributed by atoms with Gasteiger partial charge in [0.25, 0.3) is 0 Å². The molecule has 0 radical (unpaired) electrons. The van der Waals surface area contributed by atoms with Crippen LogP contribution in [0.15, 0.2) is 41.5 Å². The molecule has 0 fully saturated rings. The first-order chi connectivity index (χ1) is 6.93. The van der Waals surface area contributed by atoms with E-state index in [-0.39, 0.29) is 0 Å². The Morgan fingerprint density at radius 1 is 1.21 bits per heavy atom. The molecular formula is C11H10N3+. The highest BCUT2D eigenvalue weighted by Gasteiger charge is 2.10. The lowest BCUT2D eigenvalue weighted by atomic mass is 10.3. The van der Waals surface area contributed by atoms with Gasteiger partial charge in [0.05, 0.1) is 16.8 Å². The van der Waals surface area contributed by atoms with Crippen LogP contribution in [0.1, 0.15) is 5.69 Å². The van der Waals surface area contributed by atoms with Crippen LogP contribution in [0.2, 0.25) is 0 Å². The molecule has 0 amide bonds. The molecule has 3 heteroatoms. The number of aromatic amines is 1. The van der Waals surface area contributed by atoms with Gasteiger partial charge in [-0.25, -0.2) is 0 Å². The van der Waals surface area contributed by atoms with Gasteiger partial charge in [-0.1, -0.05) is 16.8 Å². The fourth-order valence-electron chi connectivity index (χ4n) is 1.67. The first-order valence-electron chi connectivity index (χ1n) is 4.63. The second kappa shape index (κ2) is 2.80. The number of para-hydroxylation sites is 1. The Labute approximate surface area is 81.0 Å². The Hall–Kier alpha value is -1.90. The highest BCUT2D eigenvalue weighted by molar-refractivity contribution is 5.17. The van der Waals surface area contributed by atoms with Crippen molar-refractivity contribution in [3.63, 3.8) is 0 Å². The van der Waals surface area contributed by atoms with Gasteiger partial charge >= 0.3 is 0 Å². The van der Waals surface area contributed by atoms with Gasteiger partial charge in [-0.2, -0.15) is 5.10 Å². The van der Waals surface area contributed by atoms with Crippen LogP contribution in [-0.2, 0) is 6.54 Å². The molecule has 0 spiro atoms. The maximum Gasteiger partial charge on any atom is 0.235 e. The van der Waals surface area contributed by atoms with E-state index in [0.717, 1.165) is 17.1 Å². The summed E-state index contributed by atoms with van der Waals surface area (Å²) in [5.41, 5.74) is 1.18. The number of nitrogens with zero attached hydrogens (tertiary/aromatic N) is 2. The summed E-state index contributed by atoms with van der Waals surface area (Å²) in [6.07, 6.45) is 4.00. The molecule has 0 saturated carbocycles. The molecular weight excluding hydrogens is 174 g/mol. The Balaban J connectivity index is 2.38. The van der Waals surface area contributed by atoms with Crippen LogP contribution in [-0.4, -0.2) is 5.10 Å². The molecule has 0 saturated heterocycles. The summed E-state index contributed by atoms with van der Waals surface area (Å²) in [6.45, 7) is 0.733. The quantitative estimate of drug-likeness (QED) is 0.546. The van der Waals surface area contributed by atoms with Gasteiger partial charge in [-0.05, 0) is 12.1 Å². The van der Waals surface area contributed by atoms with Gasteiger partial charge in [0, 0.05) is 6.07 Å². The highest BCUT2D eigenvalue weighted by atomic mass is 15.3. The van der Waals surface area contributed by atoms with Crippen molar-refractivity contribution in [3.8, 4) is 0 Å². The molecule has 2 heterocycles. The van der Waals surface area contributed by atoms with E-state index in [1.54, 1.807) is 0 Å². The molecule has 0 unspecified atom stereocenters. The molecule has 1 aromatic heterocycles. The van der Waals surface area contributed by atoms with Gasteiger partial charge < -0.3 is 0 Å². The van der Waals surface area contributed by atoms with Crippen LogP contribution in [0, 0.1) is 0 Å². The average molecular weight is 184 g/mol. The Kier molecular flexibility index (Phi) is 1.50. The van der Waals surface area contributed by atoms with E-state index in [0.29, 0.717) is 0 Å². The molecule has 68 valence electrons. The maximum atomic E-state index is 4.53. The van der Waals surface area contributed by atoms with Crippen LogP contribution in [0.3, 0.4) is 0 Å². The van der Waals surface area contributed by atoms with Crippen molar-refractivity contribution in [3.05, 3.63) is 52.8 Å². The minimum Gasteiger partial charge on any atom is -0.273 e. The van der Waals surface area contributed by atoms with E-state index < -0.39 is 0 Å². The molecule has 0 atom stereocenters. The second-order valence-corrected chi connectivity index (χ2v) is 3.33. The molecule has 0 aliphatic carbocycles. The van der Waals surface area contributed by atoms with Crippen molar-refractivity contribution < 1.29 is 4.68 Å². The van der Waals surface area contributed by atoms with E-state index in [1.165, 1.54) is 5.69 Å². The van der Waals surface area contributed by atoms with Crippen molar-refractivity contribution in [1.29, 1.82) is 0 Å². The van der Waals surface area contributed by atoms with Crippen molar-refractivity contribution in [2.45, 2.75) is 6.54 Å². The molecule has 1 aliphatic rings. The lowest BCUT2D eigenvalue weighted by Gasteiger charge is -1.82. The second-order valence-electron chi connectivity index (χ2n) is 3.33. The molecule has 3 rings (SSSR count). The van der Waals surface area contributed by atoms with Gasteiger partial charge in [-0.3, -0.25) is 4.99 Å². The first kappa shape index (κ1) is 7.50. The standard InChI is InChI=1S/C11H9N3/c1-2-4-11-9(3-1)8-14-10(7-12-11)5-6-13-14/h1-6,8H,7H2/p+1. The van der Waals surface area contributed by atoms with E-state index in [2.05, 4.69) is 22.4 Å². The van der Waals surface area contributed by atoms with Crippen LogP contribution in [0.25, 0.3) is 6.20 Å². The van der Waals surface area contributed by atoms with E-state index in [9.17, 15) is 0 Å². The zero-order chi connectivity index (χ0) is 9.38. The lowest BCUT2D eigenvalue weighted by molar-refractivity contribution is -0.637. The van der Waals surface area contributed by atoms with E-state index >= 15 is 0 Å². The number of H-pyrrole nitrogens is 1. The summed E-state index contributed by atoms with van der Waals surface area (Å²) in [6, 6.07) is 10.2. The van der Waals surface area contributed by atoms with Crippen molar-refractivity contribution >= 4 is 6.20 Å². The van der Waals surface area contributed by atoms with Crippen molar-refractivity contribution in [1.82, 2.24) is 5.10 Å². The van der Waals surface area contributed by atoms with E-state index in [1.807, 2.05) is 35.1 Å². The Bertz CT molecular complexity index is 581. The van der Waals surface area contributed by atoms with Crippen LogP contribution >= 0.6 is 0 Å². The van der Waals surface area contributed by atoms with Crippen molar-refractivity contribution in [2.24, 2.45) is 4.99 Å². The largest absolute Gasteiger partial charge is 0.273 e. The summed E-state index contributed by atoms with van der Waals surface area (Å²) in [4.78, 5) is 4.53. The maximum absolute atomic E-state index is 4.53. The topological polar surface area (TPSA) is 32.0 Å². The monoisotopic (exact) mass is 184 g/mol. The van der Waals surface area contributed by atoms with Gasteiger partial charge in [-0.15, -0.1) is 0 Å². The smallest absolute Gasteiger partial charge is 0.235 e. The number of hydrogen-bond acceptors (Lipinski definition) is 1. The zero-order valence-corrected chi connectivity index (χ0v) is 7.64. The minimum absolute atomic E-state index is 0.733. The third kappa shape index (κ3) is 1.06. The predicted octanol–water partition coefficient (Wildman–Crippen LogP) is -0.278. The summed E-state index contributed by atoms with van der Waals surface area (Å²) < 4.78 is 2.01. The van der Waals surface area contributed by atoms with E-state index in [4.69, 9.17) is 0 Å². The summed E-state index contributed by atoms with van der Waals surface area (Å²) in [5.74, 6) is 0. The van der Waals surface area contributed by atoms with Gasteiger partial charge in [0.2, 0.25) is 11.9 Å². The van der Waals surface area contributed by atoms with Crippen LogP contribution in [0.4, 0.5) is 0 Å². The fraction of sp³-hybridized carbons (Fsp3) is 0.0909. The molecule has 0 bridgehead atoms. The highest BCUT2D eigenvalue weighted by Crippen LogP contribution is 1.92. The molecule has 1 N–H and O–H groups in total. The first-order valence-corrected chi connectivity index (χ1v) is 4.63. The molecule has 3 nitrogen and oxygen atoms in total. The lowest BCUT2D eigenvalue weighted by Crippen LogP contribution is -2.36. The third-order valence-corrected chi connectivity index (χ3v) is 2.42. The number of hydrogen-bond donors (Lipinski definition) is 1. The number of benzene rings is 1. The number of nitrogens with one attached hydrogen (secondary N) is 1. The fourth-order valence-corrected chi connectivity index (χ4v) is 1.67. The van der Waals surface area contributed by atoms with Gasteiger partial charge in [0.15, 0.2) is 0 Å². The molecule has 1 aromatic carbocycles. The summed E-state index contributed by atoms with van der Waals surface area (Å²) in [7, 11) is 0. The molecule has 2 aromatic rings. The third-order valence-electron chi connectivity index (χ3n) is 2.42. The average Bonchev–Trinajstić information content (AvgIpc) is 2.58. The zero-order valence-electron chi connectivity index (χ0n) is 7.64. The van der Waals surface area contributed by atoms with Crippen molar-refractivity contribution in [2.75, 3.05) is 0 Å². The van der Waals surface area contributed by atoms with Crippen LogP contribution in [0.5, 0.6) is 0 Å². The summed E-state index contributed by atoms with van der Waals surface area (Å²) >= 11 is 0.